The van der Waals surface area contributed by atoms with Crippen molar-refractivity contribution in [1.29, 1.82) is 0 Å². The molecule has 0 amide bonds. The van der Waals surface area contributed by atoms with E-state index < -0.39 is 0 Å². The van der Waals surface area contributed by atoms with Gasteiger partial charge in [0.15, 0.2) is 0 Å². The van der Waals surface area contributed by atoms with Crippen LogP contribution in [0.25, 0.3) is 0 Å². The molecule has 0 radical (unpaired) electrons. The first-order chi connectivity index (χ1) is 10.6. The molecule has 4 heteroatoms. The molecule has 22 heavy (non-hydrogen) atoms. The lowest BCUT2D eigenvalue weighted by Crippen LogP contribution is -2.07. The summed E-state index contributed by atoms with van der Waals surface area (Å²) in [5, 5.41) is 0. The van der Waals surface area contributed by atoms with Crippen LogP contribution in [0.3, 0.4) is 0 Å². The van der Waals surface area contributed by atoms with Gasteiger partial charge in [0.2, 0.25) is 0 Å². The van der Waals surface area contributed by atoms with Gasteiger partial charge in [-0.05, 0) is 37.1 Å². The van der Waals surface area contributed by atoms with E-state index in [-0.39, 0.29) is 5.82 Å². The Bertz CT molecular complexity index is 665. The van der Waals surface area contributed by atoms with Gasteiger partial charge in [0.25, 0.3) is 0 Å². The largest absolute Gasteiger partial charge is 0.378 e. The topological polar surface area (TPSA) is 31.9 Å². The zero-order chi connectivity index (χ0) is 16.2. The van der Waals surface area contributed by atoms with E-state index >= 15 is 0 Å². The van der Waals surface area contributed by atoms with Crippen LogP contribution in [0, 0.1) is 17.7 Å². The number of aromatic amines is 1. The van der Waals surface area contributed by atoms with Gasteiger partial charge in [0, 0.05) is 19.8 Å². The number of nitrogens with zero attached hydrogens (tertiary/aromatic N) is 2. The van der Waals surface area contributed by atoms with Gasteiger partial charge in [-0.2, -0.15) is 0 Å². The van der Waals surface area contributed by atoms with E-state index in [1.54, 1.807) is 19.1 Å². The Hall–Kier alpha value is -2.80. The number of rotatable bonds is 1. The monoisotopic (exact) mass is 297 g/mol. The molecule has 0 aliphatic rings. The third-order valence-corrected chi connectivity index (χ3v) is 2.54. The maximum Gasteiger partial charge on any atom is 0.141 e. The van der Waals surface area contributed by atoms with Crippen molar-refractivity contribution in [3.63, 3.8) is 0 Å². The number of hydrogen-bond acceptors (Lipinski definition) is 2. The van der Waals surface area contributed by atoms with Gasteiger partial charge in [-0.3, -0.25) is 0 Å². The average molecular weight is 297 g/mol. The fourth-order valence-electron chi connectivity index (χ4n) is 1.48. The second kappa shape index (κ2) is 10.0. The highest BCUT2D eigenvalue weighted by Crippen LogP contribution is 2.07. The summed E-state index contributed by atoms with van der Waals surface area (Å²) in [5.41, 5.74) is 1.93. The highest BCUT2D eigenvalue weighted by Gasteiger charge is 1.87. The summed E-state index contributed by atoms with van der Waals surface area (Å²) in [4.78, 5) is 8.57. The van der Waals surface area contributed by atoms with E-state index in [9.17, 15) is 4.39 Å². The van der Waals surface area contributed by atoms with Crippen molar-refractivity contribution in [3.05, 3.63) is 72.6 Å². The van der Waals surface area contributed by atoms with Crippen molar-refractivity contribution in [1.82, 2.24) is 9.97 Å². The summed E-state index contributed by atoms with van der Waals surface area (Å²) in [5.74, 6) is 5.15. The highest BCUT2D eigenvalue weighted by molar-refractivity contribution is 5.43. The summed E-state index contributed by atoms with van der Waals surface area (Å²) in [6.07, 6.45) is 2.52. The van der Waals surface area contributed by atoms with Crippen molar-refractivity contribution in [2.75, 3.05) is 19.0 Å². The van der Waals surface area contributed by atoms with Crippen molar-refractivity contribution in [2.24, 2.45) is 0 Å². The second-order valence-corrected chi connectivity index (χ2v) is 4.48. The minimum Gasteiger partial charge on any atom is -0.378 e. The fraction of sp³-hybridized carbons (Fsp3) is 0.167. The maximum atomic E-state index is 12.7. The van der Waals surface area contributed by atoms with Crippen LogP contribution in [0.2, 0.25) is 0 Å². The van der Waals surface area contributed by atoms with E-state index in [2.05, 4.69) is 38.8 Å². The molecule has 0 aliphatic carbocycles. The SMILES string of the molecule is CC#Cc1cccc(F)cnc[nH]1.CN(C)c1ccccc1. The lowest BCUT2D eigenvalue weighted by atomic mass is 10.3. The van der Waals surface area contributed by atoms with Crippen LogP contribution in [0.1, 0.15) is 12.6 Å². The Kier molecular flexibility index (Phi) is 7.84. The third kappa shape index (κ3) is 7.11. The van der Waals surface area contributed by atoms with E-state index in [0.717, 1.165) is 6.20 Å². The molecule has 0 saturated carbocycles. The van der Waals surface area contributed by atoms with Crippen molar-refractivity contribution < 1.29 is 4.39 Å². The molecule has 1 aromatic carbocycles. The zero-order valence-electron chi connectivity index (χ0n) is 13.0. The van der Waals surface area contributed by atoms with Crippen LogP contribution in [0.4, 0.5) is 10.1 Å². The second-order valence-electron chi connectivity index (χ2n) is 4.48. The number of hydrogen-bond donors (Lipinski definition) is 1. The van der Waals surface area contributed by atoms with Gasteiger partial charge in [-0.15, -0.1) is 0 Å². The number of nitrogens with one attached hydrogen (secondary N) is 1. The lowest BCUT2D eigenvalue weighted by Gasteiger charge is -2.10. The summed E-state index contributed by atoms with van der Waals surface area (Å²) >= 11 is 0. The van der Waals surface area contributed by atoms with E-state index in [1.807, 2.05) is 32.3 Å². The van der Waals surface area contributed by atoms with Gasteiger partial charge >= 0.3 is 0 Å². The molecule has 2 rings (SSSR count). The molecule has 0 fully saturated rings. The quantitative estimate of drug-likeness (QED) is 0.812. The molecule has 0 aliphatic heterocycles. The molecule has 0 saturated heterocycles. The number of benzene rings is 1. The fourth-order valence-corrected chi connectivity index (χ4v) is 1.48. The van der Waals surface area contributed by atoms with Crippen LogP contribution in [0.15, 0.2) is 61.1 Å². The average Bonchev–Trinajstić information content (AvgIpc) is 2.62. The van der Waals surface area contributed by atoms with Gasteiger partial charge in [0.1, 0.15) is 5.82 Å². The van der Waals surface area contributed by atoms with E-state index in [4.69, 9.17) is 0 Å². The molecule has 114 valence electrons. The van der Waals surface area contributed by atoms with Crippen molar-refractivity contribution in [2.45, 2.75) is 6.92 Å². The molecular weight excluding hydrogens is 277 g/mol. The van der Waals surface area contributed by atoms with Crippen LogP contribution >= 0.6 is 0 Å². The van der Waals surface area contributed by atoms with Crippen LogP contribution < -0.4 is 4.90 Å². The molecule has 1 aromatic heterocycles. The molecule has 1 N–H and O–H groups in total. The van der Waals surface area contributed by atoms with Crippen LogP contribution in [0.5, 0.6) is 0 Å². The first kappa shape index (κ1) is 17.3. The van der Waals surface area contributed by atoms with Crippen molar-refractivity contribution >= 4 is 5.69 Å². The smallest absolute Gasteiger partial charge is 0.141 e. The molecule has 0 unspecified atom stereocenters. The van der Waals surface area contributed by atoms with E-state index in [1.165, 1.54) is 18.1 Å². The van der Waals surface area contributed by atoms with Crippen LogP contribution in [-0.4, -0.2) is 24.1 Å². The molecule has 0 atom stereocenters. The lowest BCUT2D eigenvalue weighted by molar-refractivity contribution is 0.623. The first-order valence-electron chi connectivity index (χ1n) is 6.81. The standard InChI is InChI=1S/C10H9FN2.C8H11N/c1-2-4-10-6-3-5-9(11)7-12-8-13-10;1-9(2)8-6-4-3-5-7-8/h3,5-8H,1H3,(H,12,13);3-7H,1-2H3. The van der Waals surface area contributed by atoms with Gasteiger partial charge in [-0.25, -0.2) is 9.37 Å². The number of anilines is 1. The molecule has 2 aromatic rings. The maximum absolute atomic E-state index is 12.7. The molecule has 0 bridgehead atoms. The normalized spacial score (nSPS) is 8.55. The number of H-pyrrole nitrogens is 1. The first-order valence-corrected chi connectivity index (χ1v) is 6.81. The Balaban J connectivity index is 0.000000235. The zero-order valence-corrected chi connectivity index (χ0v) is 13.0. The van der Waals surface area contributed by atoms with Gasteiger partial charge in [0.05, 0.1) is 18.2 Å². The van der Waals surface area contributed by atoms with E-state index in [0.29, 0.717) is 5.69 Å². The number of halogens is 1. The van der Waals surface area contributed by atoms with Gasteiger partial charge in [-0.1, -0.05) is 30.2 Å². The Morgan fingerprint density at radius 2 is 1.77 bits per heavy atom. The summed E-state index contributed by atoms with van der Waals surface area (Å²) in [6.45, 7) is 1.73. The molecular formula is C18H20FN3. The Morgan fingerprint density at radius 1 is 1.05 bits per heavy atom. The Morgan fingerprint density at radius 3 is 2.36 bits per heavy atom. The minimum atomic E-state index is -0.389. The summed E-state index contributed by atoms with van der Waals surface area (Å²) in [6, 6.07) is 14.8. The molecule has 0 spiro atoms. The predicted octanol–water partition coefficient (Wildman–Crippen LogP) is 3.80. The highest BCUT2D eigenvalue weighted by atomic mass is 19.1. The summed E-state index contributed by atoms with van der Waals surface area (Å²) in [7, 11) is 4.07. The minimum absolute atomic E-state index is 0.389. The molecule has 1 heterocycles. The van der Waals surface area contributed by atoms with Crippen molar-refractivity contribution in [3.8, 4) is 11.8 Å². The van der Waals surface area contributed by atoms with Crippen LogP contribution in [-0.2, 0) is 0 Å². The number of aromatic nitrogens is 2. The number of para-hydroxylation sites is 1. The molecule has 3 nitrogen and oxygen atoms in total. The van der Waals surface area contributed by atoms with Gasteiger partial charge < -0.3 is 9.88 Å². The predicted molar refractivity (Wildman–Crippen MR) is 89.5 cm³/mol. The Labute approximate surface area is 131 Å². The summed E-state index contributed by atoms with van der Waals surface area (Å²) < 4.78 is 12.7. The third-order valence-electron chi connectivity index (χ3n) is 2.54.